The van der Waals surface area contributed by atoms with Gasteiger partial charge in [-0.05, 0) is 62.4 Å². The van der Waals surface area contributed by atoms with Crippen molar-refractivity contribution in [2.75, 3.05) is 24.8 Å². The van der Waals surface area contributed by atoms with Crippen LogP contribution in [-0.4, -0.2) is 38.1 Å². The zero-order valence-corrected chi connectivity index (χ0v) is 18.3. The second kappa shape index (κ2) is 9.54. The fraction of sp³-hybridized carbons (Fsp3) is 0.381. The molecule has 28 heavy (non-hydrogen) atoms. The lowest BCUT2D eigenvalue weighted by Gasteiger charge is -2.18. The largest absolute Gasteiger partial charge is 0.324 e. The zero-order chi connectivity index (χ0) is 20.9. The molecule has 2 rings (SSSR count). The molecule has 0 spiro atoms. The number of carbonyl (C=O) groups excluding carboxylic acids is 1. The number of alkyl halides is 1. The number of carbonyl (C=O) groups is 1. The van der Waals surface area contributed by atoms with Gasteiger partial charge in [0.05, 0.1) is 11.4 Å². The molecule has 0 atom stereocenters. The molecule has 0 radical (unpaired) electrons. The molecule has 0 saturated carbocycles. The smallest absolute Gasteiger partial charge is 0.243 e. The monoisotopic (exact) mass is 422 g/mol. The van der Waals surface area contributed by atoms with Gasteiger partial charge in [0.15, 0.2) is 0 Å². The summed E-state index contributed by atoms with van der Waals surface area (Å²) in [5, 5.41) is 2.83. The third kappa shape index (κ3) is 5.56. The molecule has 1 amide bonds. The van der Waals surface area contributed by atoms with Crippen molar-refractivity contribution in [3.05, 3.63) is 58.7 Å². The molecule has 0 aliphatic rings. The summed E-state index contributed by atoms with van der Waals surface area (Å²) in [5.74, 6) is 0.192. The molecular formula is C21H27ClN2O3S. The van der Waals surface area contributed by atoms with Gasteiger partial charge >= 0.3 is 0 Å². The van der Waals surface area contributed by atoms with Crippen molar-refractivity contribution in [2.24, 2.45) is 0 Å². The normalized spacial score (nSPS) is 11.6. The summed E-state index contributed by atoms with van der Waals surface area (Å²) in [7, 11) is -2.34. The standard InChI is InChI=1S/C21H27ClN2O3S/c1-15-12-16(2)21(17(3)13-15)23-20(25)14-24(4)28(26,27)19-9-7-18(8-10-19)6-5-11-22/h7-10,12-13H,5-6,11,14H2,1-4H3,(H,23,25). The summed E-state index contributed by atoms with van der Waals surface area (Å²) >= 11 is 5.69. The number of benzene rings is 2. The summed E-state index contributed by atoms with van der Waals surface area (Å²) in [6, 6.07) is 10.7. The highest BCUT2D eigenvalue weighted by molar-refractivity contribution is 7.89. The van der Waals surface area contributed by atoms with Gasteiger partial charge in [0.2, 0.25) is 15.9 Å². The molecule has 152 valence electrons. The van der Waals surface area contributed by atoms with Crippen LogP contribution in [0.4, 0.5) is 5.69 Å². The maximum Gasteiger partial charge on any atom is 0.243 e. The average Bonchev–Trinajstić information content (AvgIpc) is 2.63. The van der Waals surface area contributed by atoms with Gasteiger partial charge in [0.1, 0.15) is 0 Å². The van der Waals surface area contributed by atoms with Crippen LogP contribution >= 0.6 is 11.6 Å². The van der Waals surface area contributed by atoms with Crippen molar-refractivity contribution in [1.82, 2.24) is 4.31 Å². The van der Waals surface area contributed by atoms with Crippen molar-refractivity contribution in [3.63, 3.8) is 0 Å². The Labute approximate surface area is 172 Å². The molecule has 2 aromatic carbocycles. The molecule has 2 aromatic rings. The first-order valence-corrected chi connectivity index (χ1v) is 11.1. The molecule has 5 nitrogen and oxygen atoms in total. The first kappa shape index (κ1) is 22.4. The molecule has 0 heterocycles. The highest BCUT2D eigenvalue weighted by atomic mass is 35.5. The van der Waals surface area contributed by atoms with Crippen LogP contribution in [0, 0.1) is 20.8 Å². The lowest BCUT2D eigenvalue weighted by atomic mass is 10.1. The maximum absolute atomic E-state index is 12.7. The minimum atomic E-state index is -3.74. The molecule has 1 N–H and O–H groups in total. The third-order valence-corrected chi connectivity index (χ3v) is 6.62. The average molecular weight is 423 g/mol. The Hall–Kier alpha value is -1.89. The molecule has 0 bridgehead atoms. The minimum Gasteiger partial charge on any atom is -0.324 e. The summed E-state index contributed by atoms with van der Waals surface area (Å²) < 4.78 is 26.6. The molecule has 0 saturated heterocycles. The van der Waals surface area contributed by atoms with Gasteiger partial charge in [-0.3, -0.25) is 4.79 Å². The quantitative estimate of drug-likeness (QED) is 0.653. The van der Waals surface area contributed by atoms with Crippen molar-refractivity contribution in [1.29, 1.82) is 0 Å². The van der Waals surface area contributed by atoms with Crippen LogP contribution in [0.2, 0.25) is 0 Å². The van der Waals surface area contributed by atoms with Crippen LogP contribution in [-0.2, 0) is 21.2 Å². The first-order chi connectivity index (χ1) is 13.1. The number of likely N-dealkylation sites (N-methyl/N-ethyl adjacent to an activating group) is 1. The van der Waals surface area contributed by atoms with Crippen molar-refractivity contribution >= 4 is 33.2 Å². The van der Waals surface area contributed by atoms with Gasteiger partial charge in [-0.25, -0.2) is 8.42 Å². The fourth-order valence-corrected chi connectivity index (χ4v) is 4.38. The highest BCUT2D eigenvalue weighted by Crippen LogP contribution is 2.22. The van der Waals surface area contributed by atoms with Gasteiger partial charge in [0.25, 0.3) is 0 Å². The van der Waals surface area contributed by atoms with Gasteiger partial charge in [-0.2, -0.15) is 4.31 Å². The van der Waals surface area contributed by atoms with E-state index in [1.165, 1.54) is 7.05 Å². The number of rotatable bonds is 8. The molecule has 0 fully saturated rings. The Balaban J connectivity index is 2.08. The lowest BCUT2D eigenvalue weighted by Crippen LogP contribution is -2.35. The number of halogens is 1. The molecular weight excluding hydrogens is 396 g/mol. The number of amides is 1. The predicted octanol–water partition coefficient (Wildman–Crippen LogP) is 4.04. The third-order valence-electron chi connectivity index (χ3n) is 4.54. The molecule has 0 unspecified atom stereocenters. The topological polar surface area (TPSA) is 66.5 Å². The number of nitrogens with one attached hydrogen (secondary N) is 1. The van der Waals surface area contributed by atoms with Gasteiger partial charge < -0.3 is 5.32 Å². The van der Waals surface area contributed by atoms with Crippen LogP contribution in [0.5, 0.6) is 0 Å². The van der Waals surface area contributed by atoms with E-state index in [2.05, 4.69) is 5.32 Å². The van der Waals surface area contributed by atoms with E-state index in [1.807, 2.05) is 32.9 Å². The van der Waals surface area contributed by atoms with Crippen LogP contribution in [0.3, 0.4) is 0 Å². The SMILES string of the molecule is Cc1cc(C)c(NC(=O)CN(C)S(=O)(=O)c2ccc(CCCCl)cc2)c(C)c1. The van der Waals surface area contributed by atoms with E-state index in [1.54, 1.807) is 24.3 Å². The summed E-state index contributed by atoms with van der Waals surface area (Å²) in [6.07, 6.45) is 1.64. The van der Waals surface area contributed by atoms with Crippen LogP contribution in [0.15, 0.2) is 41.3 Å². The van der Waals surface area contributed by atoms with Crippen LogP contribution in [0.1, 0.15) is 28.7 Å². The number of nitrogens with zero attached hydrogens (tertiary/aromatic N) is 1. The molecule has 7 heteroatoms. The number of aryl methyl sites for hydroxylation is 4. The summed E-state index contributed by atoms with van der Waals surface area (Å²) in [4.78, 5) is 12.6. The predicted molar refractivity (Wildman–Crippen MR) is 115 cm³/mol. The summed E-state index contributed by atoms with van der Waals surface area (Å²) in [5.41, 5.74) is 4.77. The first-order valence-electron chi connectivity index (χ1n) is 9.14. The lowest BCUT2D eigenvalue weighted by molar-refractivity contribution is -0.116. The van der Waals surface area contributed by atoms with E-state index in [0.717, 1.165) is 45.1 Å². The second-order valence-electron chi connectivity index (χ2n) is 7.02. The van der Waals surface area contributed by atoms with E-state index in [9.17, 15) is 13.2 Å². The zero-order valence-electron chi connectivity index (χ0n) is 16.8. The summed E-state index contributed by atoms with van der Waals surface area (Å²) in [6.45, 7) is 5.57. The van der Waals surface area contributed by atoms with E-state index in [4.69, 9.17) is 11.6 Å². The fourth-order valence-electron chi connectivity index (χ4n) is 3.12. The maximum atomic E-state index is 12.7. The number of hydrogen-bond donors (Lipinski definition) is 1. The van der Waals surface area contributed by atoms with Crippen LogP contribution < -0.4 is 5.32 Å². The minimum absolute atomic E-state index is 0.167. The Morgan fingerprint density at radius 1 is 1.07 bits per heavy atom. The van der Waals surface area contributed by atoms with Crippen molar-refractivity contribution in [3.8, 4) is 0 Å². The van der Waals surface area contributed by atoms with E-state index >= 15 is 0 Å². The van der Waals surface area contributed by atoms with Crippen molar-refractivity contribution in [2.45, 2.75) is 38.5 Å². The Morgan fingerprint density at radius 3 is 2.18 bits per heavy atom. The van der Waals surface area contributed by atoms with Crippen LogP contribution in [0.25, 0.3) is 0 Å². The molecule has 0 aromatic heterocycles. The number of hydrogen-bond acceptors (Lipinski definition) is 3. The van der Waals surface area contributed by atoms with Gasteiger partial charge in [-0.1, -0.05) is 29.8 Å². The Bertz CT molecular complexity index is 918. The Kier molecular flexibility index (Phi) is 7.63. The number of anilines is 1. The Morgan fingerprint density at radius 2 is 1.64 bits per heavy atom. The molecule has 0 aliphatic heterocycles. The van der Waals surface area contributed by atoms with Gasteiger partial charge in [0, 0.05) is 18.6 Å². The second-order valence-corrected chi connectivity index (χ2v) is 9.44. The molecule has 0 aliphatic carbocycles. The van der Waals surface area contributed by atoms with Gasteiger partial charge in [-0.15, -0.1) is 11.6 Å². The van der Waals surface area contributed by atoms with E-state index in [-0.39, 0.29) is 17.3 Å². The van der Waals surface area contributed by atoms with E-state index < -0.39 is 10.0 Å². The van der Waals surface area contributed by atoms with E-state index in [0.29, 0.717) is 5.88 Å². The highest BCUT2D eigenvalue weighted by Gasteiger charge is 2.23. The van der Waals surface area contributed by atoms with Crippen molar-refractivity contribution < 1.29 is 13.2 Å². The number of sulfonamides is 1.